The van der Waals surface area contributed by atoms with Gasteiger partial charge < -0.3 is 5.32 Å². The van der Waals surface area contributed by atoms with Crippen molar-refractivity contribution in [1.82, 2.24) is 5.32 Å². The van der Waals surface area contributed by atoms with Crippen molar-refractivity contribution in [2.45, 2.75) is 45.6 Å². The lowest BCUT2D eigenvalue weighted by Gasteiger charge is -2.38. The maximum atomic E-state index is 10.9. The quantitative estimate of drug-likeness (QED) is 0.663. The molecule has 1 fully saturated rings. The van der Waals surface area contributed by atoms with Gasteiger partial charge in [0.2, 0.25) is 0 Å². The van der Waals surface area contributed by atoms with Crippen molar-refractivity contribution >= 4 is 5.69 Å². The van der Waals surface area contributed by atoms with Crippen LogP contribution in [-0.4, -0.2) is 18.0 Å². The smallest absolute Gasteiger partial charge is 0.269 e. The van der Waals surface area contributed by atoms with Gasteiger partial charge in [-0.25, -0.2) is 0 Å². The highest BCUT2D eigenvalue weighted by Gasteiger charge is 2.31. The van der Waals surface area contributed by atoms with E-state index in [-0.39, 0.29) is 10.6 Å². The van der Waals surface area contributed by atoms with Crippen LogP contribution in [0.5, 0.6) is 0 Å². The minimum atomic E-state index is -0.309. The molecule has 0 amide bonds. The van der Waals surface area contributed by atoms with E-state index in [4.69, 9.17) is 0 Å². The molecule has 2 rings (SSSR count). The van der Waals surface area contributed by atoms with Crippen molar-refractivity contribution in [1.29, 1.82) is 0 Å². The predicted octanol–water partition coefficient (Wildman–Crippen LogP) is 3.80. The fourth-order valence-corrected chi connectivity index (χ4v) is 3.61. The molecule has 116 valence electrons. The van der Waals surface area contributed by atoms with E-state index in [0.717, 1.165) is 23.8 Å². The van der Waals surface area contributed by atoms with Gasteiger partial charge in [0, 0.05) is 18.2 Å². The van der Waals surface area contributed by atoms with Gasteiger partial charge in [-0.1, -0.05) is 26.0 Å². The summed E-state index contributed by atoms with van der Waals surface area (Å²) in [6.45, 7) is 4.60. The summed E-state index contributed by atoms with van der Waals surface area (Å²) in [4.78, 5) is 10.6. The van der Waals surface area contributed by atoms with Gasteiger partial charge in [-0.05, 0) is 56.0 Å². The maximum absolute atomic E-state index is 10.9. The van der Waals surface area contributed by atoms with Gasteiger partial charge in [0.25, 0.3) is 5.69 Å². The van der Waals surface area contributed by atoms with E-state index >= 15 is 0 Å². The number of nitrogens with zero attached hydrogens (tertiary/aromatic N) is 1. The Morgan fingerprint density at radius 2 is 2.14 bits per heavy atom. The molecule has 1 aliphatic rings. The molecule has 0 spiro atoms. The first-order valence-corrected chi connectivity index (χ1v) is 7.91. The molecule has 1 N–H and O–H groups in total. The van der Waals surface area contributed by atoms with E-state index in [9.17, 15) is 10.1 Å². The lowest BCUT2D eigenvalue weighted by Crippen LogP contribution is -2.40. The molecule has 0 aromatic heterocycles. The molecule has 3 atom stereocenters. The monoisotopic (exact) mass is 290 g/mol. The first kappa shape index (κ1) is 16.0. The number of hydrogen-bond acceptors (Lipinski definition) is 3. The van der Waals surface area contributed by atoms with Gasteiger partial charge in [0.05, 0.1) is 4.92 Å². The molecule has 1 aromatic carbocycles. The van der Waals surface area contributed by atoms with E-state index < -0.39 is 0 Å². The van der Waals surface area contributed by atoms with Gasteiger partial charge in [-0.15, -0.1) is 0 Å². The van der Waals surface area contributed by atoms with Crippen molar-refractivity contribution in [3.8, 4) is 0 Å². The highest BCUT2D eigenvalue weighted by atomic mass is 16.6. The van der Waals surface area contributed by atoms with Crippen LogP contribution in [0.1, 0.15) is 38.7 Å². The van der Waals surface area contributed by atoms with Crippen LogP contribution in [0.15, 0.2) is 24.3 Å². The van der Waals surface area contributed by atoms with Crippen molar-refractivity contribution in [2.75, 3.05) is 7.05 Å². The lowest BCUT2D eigenvalue weighted by atomic mass is 9.72. The molecule has 21 heavy (non-hydrogen) atoms. The zero-order valence-corrected chi connectivity index (χ0v) is 13.2. The molecule has 4 nitrogen and oxygen atoms in total. The highest BCUT2D eigenvalue weighted by Crippen LogP contribution is 2.35. The van der Waals surface area contributed by atoms with Crippen LogP contribution in [0.2, 0.25) is 0 Å². The number of rotatable bonds is 5. The Balaban J connectivity index is 2.11. The Labute approximate surface area is 127 Å². The molecule has 3 unspecified atom stereocenters. The molecule has 0 bridgehead atoms. The van der Waals surface area contributed by atoms with Gasteiger partial charge in [0.15, 0.2) is 0 Å². The molecule has 0 radical (unpaired) electrons. The Hall–Kier alpha value is -1.42. The average molecular weight is 290 g/mol. The fraction of sp³-hybridized carbons (Fsp3) is 0.647. The summed E-state index contributed by atoms with van der Waals surface area (Å²) < 4.78 is 0. The Bertz CT molecular complexity index is 487. The number of hydrogen-bond donors (Lipinski definition) is 1. The fourth-order valence-electron chi connectivity index (χ4n) is 3.61. The molecular weight excluding hydrogens is 264 g/mol. The molecule has 1 aromatic rings. The van der Waals surface area contributed by atoms with E-state index in [0.29, 0.717) is 12.0 Å². The van der Waals surface area contributed by atoms with E-state index in [1.54, 1.807) is 18.2 Å². The molecule has 0 heterocycles. The number of nitrogens with one attached hydrogen (secondary N) is 1. The molecule has 0 aliphatic heterocycles. The van der Waals surface area contributed by atoms with Crippen LogP contribution in [0.3, 0.4) is 0 Å². The van der Waals surface area contributed by atoms with Gasteiger partial charge in [0.1, 0.15) is 0 Å². The second-order valence-electron chi connectivity index (χ2n) is 6.60. The summed E-state index contributed by atoms with van der Waals surface area (Å²) >= 11 is 0. The van der Waals surface area contributed by atoms with Crippen LogP contribution in [-0.2, 0) is 6.42 Å². The van der Waals surface area contributed by atoms with Crippen LogP contribution < -0.4 is 5.32 Å². The Kier molecular flexibility index (Phi) is 5.34. The number of nitro groups is 1. The first-order valence-electron chi connectivity index (χ1n) is 7.91. The third-order valence-electron chi connectivity index (χ3n) is 4.96. The van der Waals surface area contributed by atoms with Gasteiger partial charge in [-0.2, -0.15) is 0 Å². The van der Waals surface area contributed by atoms with Crippen LogP contribution in [0.4, 0.5) is 5.69 Å². The summed E-state index contributed by atoms with van der Waals surface area (Å²) in [5.41, 5.74) is 1.28. The van der Waals surface area contributed by atoms with E-state index in [1.165, 1.54) is 19.3 Å². The summed E-state index contributed by atoms with van der Waals surface area (Å²) in [5.74, 6) is 2.06. The standard InChI is InChI=1S/C17H26N2O2/c1-12(2)14-7-8-17(18-3)15(11-14)9-13-5-4-6-16(10-13)19(20)21/h4-6,10,12,14-15,17-18H,7-9,11H2,1-3H3. The summed E-state index contributed by atoms with van der Waals surface area (Å²) in [6.07, 6.45) is 4.63. The predicted molar refractivity (Wildman–Crippen MR) is 85.3 cm³/mol. The first-order chi connectivity index (χ1) is 10.0. The van der Waals surface area contributed by atoms with Crippen LogP contribution in [0, 0.1) is 27.9 Å². The van der Waals surface area contributed by atoms with Gasteiger partial charge >= 0.3 is 0 Å². The lowest BCUT2D eigenvalue weighted by molar-refractivity contribution is -0.384. The largest absolute Gasteiger partial charge is 0.317 e. The van der Waals surface area contributed by atoms with Crippen molar-refractivity contribution < 1.29 is 4.92 Å². The summed E-state index contributed by atoms with van der Waals surface area (Å²) in [6, 6.07) is 7.63. The maximum Gasteiger partial charge on any atom is 0.269 e. The number of benzene rings is 1. The zero-order valence-electron chi connectivity index (χ0n) is 13.2. The number of non-ortho nitro benzene ring substituents is 1. The van der Waals surface area contributed by atoms with E-state index in [2.05, 4.69) is 19.2 Å². The van der Waals surface area contributed by atoms with Crippen molar-refractivity contribution in [2.24, 2.45) is 17.8 Å². The second-order valence-corrected chi connectivity index (χ2v) is 6.60. The van der Waals surface area contributed by atoms with Crippen molar-refractivity contribution in [3.05, 3.63) is 39.9 Å². The Morgan fingerprint density at radius 3 is 2.76 bits per heavy atom. The van der Waals surface area contributed by atoms with Crippen LogP contribution in [0.25, 0.3) is 0 Å². The molecule has 4 heteroatoms. The minimum absolute atomic E-state index is 0.199. The Morgan fingerprint density at radius 1 is 1.38 bits per heavy atom. The molecule has 1 aliphatic carbocycles. The normalized spacial score (nSPS) is 26.0. The molecule has 1 saturated carbocycles. The highest BCUT2D eigenvalue weighted by molar-refractivity contribution is 5.34. The van der Waals surface area contributed by atoms with Gasteiger partial charge in [-0.3, -0.25) is 10.1 Å². The second kappa shape index (κ2) is 7.03. The molecule has 0 saturated heterocycles. The van der Waals surface area contributed by atoms with Crippen molar-refractivity contribution in [3.63, 3.8) is 0 Å². The third kappa shape index (κ3) is 4.03. The minimum Gasteiger partial charge on any atom is -0.317 e. The topological polar surface area (TPSA) is 55.2 Å². The van der Waals surface area contributed by atoms with E-state index in [1.807, 2.05) is 13.1 Å². The average Bonchev–Trinajstić information content (AvgIpc) is 2.47. The molecular formula is C17H26N2O2. The van der Waals surface area contributed by atoms with Crippen LogP contribution >= 0.6 is 0 Å². The summed E-state index contributed by atoms with van der Waals surface area (Å²) in [5, 5.41) is 14.3. The number of nitro benzene ring substituents is 1. The zero-order chi connectivity index (χ0) is 15.4. The third-order valence-corrected chi connectivity index (χ3v) is 4.96. The SMILES string of the molecule is CNC1CCC(C(C)C)CC1Cc1cccc([N+](=O)[O-])c1. The summed E-state index contributed by atoms with van der Waals surface area (Å²) in [7, 11) is 2.03.